The second-order valence-corrected chi connectivity index (χ2v) is 9.47. The molecule has 2 N–H and O–H groups in total. The fourth-order valence-electron chi connectivity index (χ4n) is 5.07. The van der Waals surface area contributed by atoms with Crippen LogP contribution in [0.25, 0.3) is 33.4 Å². The molecule has 0 atom stereocenters. The minimum Gasteiger partial charge on any atom is -0.494 e. The third kappa shape index (κ3) is 4.05. The van der Waals surface area contributed by atoms with Crippen molar-refractivity contribution in [3.05, 3.63) is 55.1 Å². The van der Waals surface area contributed by atoms with E-state index in [0.717, 1.165) is 70.5 Å². The highest BCUT2D eigenvalue weighted by molar-refractivity contribution is 6.04. The van der Waals surface area contributed by atoms with Crippen molar-refractivity contribution in [2.24, 2.45) is 0 Å². The summed E-state index contributed by atoms with van der Waals surface area (Å²) in [5.74, 6) is 0.869. The summed E-state index contributed by atoms with van der Waals surface area (Å²) in [5.41, 5.74) is 6.00. The molecular formula is C28H30N4O3. The lowest BCUT2D eigenvalue weighted by molar-refractivity contribution is 0.240. The van der Waals surface area contributed by atoms with Crippen LogP contribution < -0.4 is 15.4 Å². The topological polar surface area (TPSA) is 81.3 Å². The van der Waals surface area contributed by atoms with E-state index in [1.807, 2.05) is 25.1 Å². The molecule has 2 heterocycles. The van der Waals surface area contributed by atoms with Crippen molar-refractivity contribution < 1.29 is 13.9 Å². The number of urea groups is 1. The van der Waals surface area contributed by atoms with Crippen LogP contribution in [0.5, 0.6) is 5.75 Å². The highest BCUT2D eigenvalue weighted by atomic mass is 16.5. The zero-order chi connectivity index (χ0) is 23.8. The van der Waals surface area contributed by atoms with Gasteiger partial charge in [0.15, 0.2) is 6.39 Å². The van der Waals surface area contributed by atoms with Gasteiger partial charge in [0.05, 0.1) is 17.8 Å². The lowest BCUT2D eigenvalue weighted by Gasteiger charge is -2.30. The molecule has 2 aliphatic rings. The van der Waals surface area contributed by atoms with Crippen molar-refractivity contribution >= 4 is 22.6 Å². The van der Waals surface area contributed by atoms with E-state index < -0.39 is 0 Å². The minimum atomic E-state index is -0.141. The summed E-state index contributed by atoms with van der Waals surface area (Å²) in [6, 6.07) is 15.0. The number of hydrogen-bond acceptors (Lipinski definition) is 4. The van der Waals surface area contributed by atoms with E-state index in [9.17, 15) is 4.79 Å². The second kappa shape index (κ2) is 9.13. The van der Waals surface area contributed by atoms with E-state index in [2.05, 4.69) is 44.5 Å². The molecule has 35 heavy (non-hydrogen) atoms. The highest BCUT2D eigenvalue weighted by Crippen LogP contribution is 2.47. The third-order valence-electron chi connectivity index (χ3n) is 7.27. The number of ether oxygens (including phenoxy) is 1. The average Bonchev–Trinajstić information content (AvgIpc) is 3.43. The molecule has 4 aromatic rings. The smallest absolute Gasteiger partial charge is 0.319 e. The van der Waals surface area contributed by atoms with Crippen LogP contribution in [0.2, 0.25) is 0 Å². The van der Waals surface area contributed by atoms with Crippen LogP contribution in [0, 0.1) is 0 Å². The Balaban J connectivity index is 1.43. The van der Waals surface area contributed by atoms with Crippen LogP contribution in [-0.4, -0.2) is 28.2 Å². The maximum Gasteiger partial charge on any atom is 0.319 e. The van der Waals surface area contributed by atoms with Gasteiger partial charge in [-0.3, -0.25) is 0 Å². The zero-order valence-electron chi connectivity index (χ0n) is 19.9. The first-order valence-corrected chi connectivity index (χ1v) is 12.6. The Morgan fingerprint density at radius 3 is 2.54 bits per heavy atom. The van der Waals surface area contributed by atoms with Crippen molar-refractivity contribution in [1.82, 2.24) is 14.9 Å². The Labute approximate surface area is 204 Å². The number of hydrogen-bond donors (Lipinski definition) is 2. The van der Waals surface area contributed by atoms with Gasteiger partial charge in [0.2, 0.25) is 0 Å². The molecule has 0 unspecified atom stereocenters. The molecule has 0 spiro atoms. The first kappa shape index (κ1) is 21.8. The SMILES string of the molecule is CCOc1ccc2c(-c3cocn3)c(-c3ccc(NC(=O)NC4CCC4)cc3)n(C3CCC3)c2c1. The fraction of sp³-hybridized carbons (Fsp3) is 0.357. The zero-order valence-corrected chi connectivity index (χ0v) is 19.9. The van der Waals surface area contributed by atoms with Gasteiger partial charge in [0.25, 0.3) is 0 Å². The minimum absolute atomic E-state index is 0.141. The van der Waals surface area contributed by atoms with Crippen LogP contribution in [0.1, 0.15) is 51.5 Å². The summed E-state index contributed by atoms with van der Waals surface area (Å²) < 4.78 is 13.7. The highest BCUT2D eigenvalue weighted by Gasteiger charge is 2.29. The molecule has 2 saturated carbocycles. The Morgan fingerprint density at radius 2 is 1.91 bits per heavy atom. The summed E-state index contributed by atoms with van der Waals surface area (Å²) in [7, 11) is 0. The molecule has 2 fully saturated rings. The van der Waals surface area contributed by atoms with Crippen molar-refractivity contribution in [2.75, 3.05) is 11.9 Å². The van der Waals surface area contributed by atoms with Crippen molar-refractivity contribution in [2.45, 2.75) is 57.5 Å². The number of carbonyl (C=O) groups is 1. The Hall–Kier alpha value is -3.74. The van der Waals surface area contributed by atoms with Crippen LogP contribution >= 0.6 is 0 Å². The molecule has 0 bridgehead atoms. The molecule has 7 nitrogen and oxygen atoms in total. The normalized spacial score (nSPS) is 16.0. The van der Waals surface area contributed by atoms with Crippen molar-refractivity contribution in [3.8, 4) is 28.3 Å². The number of nitrogens with zero attached hydrogens (tertiary/aromatic N) is 2. The van der Waals surface area contributed by atoms with Gasteiger partial charge in [0.1, 0.15) is 17.7 Å². The van der Waals surface area contributed by atoms with E-state index in [-0.39, 0.29) is 6.03 Å². The number of fused-ring (bicyclic) bond motifs is 1. The molecule has 7 heteroatoms. The van der Waals surface area contributed by atoms with Crippen LogP contribution in [0.3, 0.4) is 0 Å². The van der Waals surface area contributed by atoms with Crippen LogP contribution in [0.4, 0.5) is 10.5 Å². The lowest BCUT2D eigenvalue weighted by atomic mass is 9.92. The third-order valence-corrected chi connectivity index (χ3v) is 7.27. The van der Waals surface area contributed by atoms with Gasteiger partial charge < -0.3 is 24.4 Å². The first-order valence-electron chi connectivity index (χ1n) is 12.6. The summed E-state index contributed by atoms with van der Waals surface area (Å²) in [6.45, 7) is 2.63. The van der Waals surface area contributed by atoms with E-state index in [1.165, 1.54) is 19.2 Å². The number of aromatic nitrogens is 2. The number of amides is 2. The number of benzene rings is 2. The molecule has 2 aromatic carbocycles. The number of carbonyl (C=O) groups excluding carboxylic acids is 1. The number of nitrogens with one attached hydrogen (secondary N) is 2. The largest absolute Gasteiger partial charge is 0.494 e. The van der Waals surface area contributed by atoms with E-state index in [1.54, 1.807) is 6.26 Å². The first-order chi connectivity index (χ1) is 17.2. The monoisotopic (exact) mass is 470 g/mol. The quantitative estimate of drug-likeness (QED) is 0.313. The molecule has 0 aliphatic heterocycles. The van der Waals surface area contributed by atoms with Gasteiger partial charge >= 0.3 is 6.03 Å². The van der Waals surface area contributed by atoms with Gasteiger partial charge in [-0.05, 0) is 75.3 Å². The number of oxazole rings is 1. The number of anilines is 1. The molecule has 180 valence electrons. The summed E-state index contributed by atoms with van der Waals surface area (Å²) in [6.07, 6.45) is 10.0. The standard InChI is InChI=1S/C28H30N4O3/c1-2-35-22-13-14-23-25(15-22)32(21-7-4-8-21)27(26(23)24-16-34-17-29-24)18-9-11-20(12-10-18)31-28(33)30-19-5-3-6-19/h9-17,19,21H,2-8H2,1H3,(H2,30,31,33). The fourth-order valence-corrected chi connectivity index (χ4v) is 5.07. The summed E-state index contributed by atoms with van der Waals surface area (Å²) in [4.78, 5) is 16.8. The van der Waals surface area contributed by atoms with Crippen molar-refractivity contribution in [1.29, 1.82) is 0 Å². The van der Waals surface area contributed by atoms with Crippen molar-refractivity contribution in [3.63, 3.8) is 0 Å². The predicted molar refractivity (Wildman–Crippen MR) is 137 cm³/mol. The molecule has 2 amide bonds. The van der Waals surface area contributed by atoms with Gasteiger partial charge in [0, 0.05) is 34.8 Å². The Kier molecular flexibility index (Phi) is 5.68. The summed E-state index contributed by atoms with van der Waals surface area (Å²) in [5, 5.41) is 7.13. The number of rotatable bonds is 7. The molecule has 2 aromatic heterocycles. The van der Waals surface area contributed by atoms with Crippen LogP contribution in [0.15, 0.2) is 59.5 Å². The molecule has 2 aliphatic carbocycles. The Morgan fingerprint density at radius 1 is 1.11 bits per heavy atom. The van der Waals surface area contributed by atoms with Gasteiger partial charge in [-0.15, -0.1) is 0 Å². The van der Waals surface area contributed by atoms with E-state index in [4.69, 9.17) is 9.15 Å². The summed E-state index contributed by atoms with van der Waals surface area (Å²) >= 11 is 0. The molecule has 0 saturated heterocycles. The molecule has 0 radical (unpaired) electrons. The second-order valence-electron chi connectivity index (χ2n) is 9.47. The maximum absolute atomic E-state index is 12.3. The molecule has 6 rings (SSSR count). The molecular weight excluding hydrogens is 440 g/mol. The van der Waals surface area contributed by atoms with Gasteiger partial charge in [-0.25, -0.2) is 9.78 Å². The van der Waals surface area contributed by atoms with Gasteiger partial charge in [-0.2, -0.15) is 0 Å². The van der Waals surface area contributed by atoms with E-state index >= 15 is 0 Å². The average molecular weight is 471 g/mol. The Bertz CT molecular complexity index is 1330. The lowest BCUT2D eigenvalue weighted by Crippen LogP contribution is -2.41. The van der Waals surface area contributed by atoms with Gasteiger partial charge in [-0.1, -0.05) is 12.1 Å². The van der Waals surface area contributed by atoms with Crippen LogP contribution in [-0.2, 0) is 0 Å². The van der Waals surface area contributed by atoms with E-state index in [0.29, 0.717) is 18.7 Å². The predicted octanol–water partition coefficient (Wildman–Crippen LogP) is 6.76. The maximum atomic E-state index is 12.3.